The van der Waals surface area contributed by atoms with Gasteiger partial charge in [-0.2, -0.15) is 0 Å². The van der Waals surface area contributed by atoms with Crippen LogP contribution in [0.1, 0.15) is 37.8 Å². The largest absolute Gasteiger partial charge is 0.340 e. The molecule has 2 unspecified atom stereocenters. The number of hydrazine groups is 1. The number of carbonyl (C=O) groups is 1. The van der Waals surface area contributed by atoms with Gasteiger partial charge in [-0.3, -0.25) is 20.1 Å². The minimum atomic E-state index is -0.0662. The van der Waals surface area contributed by atoms with Gasteiger partial charge in [-0.05, 0) is 43.7 Å². The average molecular weight is 358 g/mol. The zero-order chi connectivity index (χ0) is 17.8. The van der Waals surface area contributed by atoms with Crippen molar-refractivity contribution in [3.63, 3.8) is 0 Å². The van der Waals surface area contributed by atoms with Crippen molar-refractivity contribution in [2.24, 2.45) is 5.92 Å². The zero-order valence-corrected chi connectivity index (χ0v) is 15.6. The van der Waals surface area contributed by atoms with Gasteiger partial charge in [0.15, 0.2) is 0 Å². The van der Waals surface area contributed by atoms with Crippen molar-refractivity contribution in [3.8, 4) is 0 Å². The van der Waals surface area contributed by atoms with Crippen molar-refractivity contribution >= 4 is 5.91 Å². The van der Waals surface area contributed by atoms with E-state index in [0.29, 0.717) is 12.0 Å². The van der Waals surface area contributed by atoms with Gasteiger partial charge in [-0.15, -0.1) is 0 Å². The molecule has 0 spiro atoms. The highest BCUT2D eigenvalue weighted by Crippen LogP contribution is 2.26. The van der Waals surface area contributed by atoms with E-state index >= 15 is 0 Å². The van der Waals surface area contributed by atoms with Gasteiger partial charge in [0.05, 0.1) is 0 Å². The summed E-state index contributed by atoms with van der Waals surface area (Å²) >= 11 is 0. The Morgan fingerprint density at radius 1 is 1.15 bits per heavy atom. The molecule has 6 nitrogen and oxygen atoms in total. The summed E-state index contributed by atoms with van der Waals surface area (Å²) in [5.41, 5.74) is 7.37. The maximum Gasteiger partial charge on any atom is 0.241 e. The highest BCUT2D eigenvalue weighted by atomic mass is 16.2. The molecular weight excluding hydrogens is 326 g/mol. The van der Waals surface area contributed by atoms with E-state index in [-0.39, 0.29) is 11.9 Å². The molecule has 0 aromatic carbocycles. The van der Waals surface area contributed by atoms with E-state index in [9.17, 15) is 4.79 Å². The zero-order valence-electron chi connectivity index (χ0n) is 15.6. The molecule has 2 N–H and O–H groups in total. The van der Waals surface area contributed by atoms with Crippen molar-refractivity contribution < 1.29 is 4.79 Å². The number of hydrogen-bond acceptors (Lipinski definition) is 5. The monoisotopic (exact) mass is 357 g/mol. The van der Waals surface area contributed by atoms with Crippen LogP contribution in [0.5, 0.6) is 0 Å². The molecule has 3 heterocycles. The fourth-order valence-electron chi connectivity index (χ4n) is 4.77. The van der Waals surface area contributed by atoms with Gasteiger partial charge in [-0.1, -0.05) is 18.9 Å². The highest BCUT2D eigenvalue weighted by Gasteiger charge is 2.33. The van der Waals surface area contributed by atoms with Crippen LogP contribution in [0.2, 0.25) is 0 Å². The Morgan fingerprint density at radius 3 is 2.77 bits per heavy atom. The Bertz CT molecular complexity index is 583. The van der Waals surface area contributed by atoms with E-state index in [4.69, 9.17) is 0 Å². The maximum absolute atomic E-state index is 13.0. The first-order valence-electron chi connectivity index (χ1n) is 10.2. The molecule has 2 aliphatic heterocycles. The van der Waals surface area contributed by atoms with E-state index in [1.165, 1.54) is 25.7 Å². The van der Waals surface area contributed by atoms with Gasteiger partial charge in [0.2, 0.25) is 5.91 Å². The van der Waals surface area contributed by atoms with Crippen LogP contribution in [0.4, 0.5) is 0 Å². The third kappa shape index (κ3) is 4.24. The number of carbonyl (C=O) groups excluding carboxylic acids is 1. The number of amides is 1. The maximum atomic E-state index is 13.0. The predicted octanol–water partition coefficient (Wildman–Crippen LogP) is 1.19. The van der Waals surface area contributed by atoms with Crippen molar-refractivity contribution in [1.82, 2.24) is 25.6 Å². The molecule has 3 fully saturated rings. The fourth-order valence-corrected chi connectivity index (χ4v) is 4.77. The molecule has 0 radical (unpaired) electrons. The predicted molar refractivity (Wildman–Crippen MR) is 101 cm³/mol. The Balaban J connectivity index is 1.47. The van der Waals surface area contributed by atoms with Crippen LogP contribution in [0, 0.1) is 5.92 Å². The Morgan fingerprint density at radius 2 is 2.04 bits per heavy atom. The number of hydrogen-bond donors (Lipinski definition) is 2. The second-order valence-corrected chi connectivity index (χ2v) is 8.02. The topological polar surface area (TPSA) is 60.5 Å². The summed E-state index contributed by atoms with van der Waals surface area (Å²) in [6, 6.07) is 6.78. The van der Waals surface area contributed by atoms with E-state index in [0.717, 1.165) is 51.3 Å². The van der Waals surface area contributed by atoms with Crippen LogP contribution in [0.3, 0.4) is 0 Å². The number of pyridine rings is 1. The Kier molecular flexibility index (Phi) is 5.82. The molecule has 6 heteroatoms. The third-order valence-electron chi connectivity index (χ3n) is 6.14. The molecule has 0 bridgehead atoms. The van der Waals surface area contributed by atoms with Gasteiger partial charge in [0, 0.05) is 50.7 Å². The van der Waals surface area contributed by atoms with Crippen molar-refractivity contribution in [2.75, 3.05) is 32.7 Å². The summed E-state index contributed by atoms with van der Waals surface area (Å²) in [5, 5.41) is 0. The summed E-state index contributed by atoms with van der Waals surface area (Å²) < 4.78 is 0. The van der Waals surface area contributed by atoms with Crippen molar-refractivity contribution in [3.05, 3.63) is 30.1 Å². The van der Waals surface area contributed by atoms with Crippen molar-refractivity contribution in [2.45, 2.75) is 50.6 Å². The summed E-state index contributed by atoms with van der Waals surface area (Å²) in [7, 11) is 0. The number of nitrogens with zero attached hydrogens (tertiary/aromatic N) is 3. The average Bonchev–Trinajstić information content (AvgIpc) is 3.35. The fraction of sp³-hybridized carbons (Fsp3) is 0.700. The van der Waals surface area contributed by atoms with Gasteiger partial charge >= 0.3 is 0 Å². The van der Waals surface area contributed by atoms with E-state index in [1.807, 2.05) is 12.3 Å². The standard InChI is InChI=1S/C20H31N5O/c26-20(19-8-10-22-23-19)25-12-11-24(18-6-1-2-7-18)14-16(15-25)13-17-5-3-4-9-21-17/h3-5,9,16,18-19,22-23H,1-2,6-8,10-15H2. The van der Waals surface area contributed by atoms with Gasteiger partial charge in [0.25, 0.3) is 0 Å². The third-order valence-corrected chi connectivity index (χ3v) is 6.14. The van der Waals surface area contributed by atoms with E-state index < -0.39 is 0 Å². The lowest BCUT2D eigenvalue weighted by Gasteiger charge is -2.29. The van der Waals surface area contributed by atoms with Gasteiger partial charge < -0.3 is 4.90 Å². The van der Waals surface area contributed by atoms with Gasteiger partial charge in [-0.25, -0.2) is 5.43 Å². The summed E-state index contributed by atoms with van der Waals surface area (Å²) in [6.07, 6.45) is 9.05. The molecule has 1 aliphatic carbocycles. The smallest absolute Gasteiger partial charge is 0.241 e. The molecule has 2 saturated heterocycles. The molecule has 3 aliphatic rings. The van der Waals surface area contributed by atoms with E-state index in [1.54, 1.807) is 0 Å². The van der Waals surface area contributed by atoms with Crippen LogP contribution in [0.15, 0.2) is 24.4 Å². The SMILES string of the molecule is O=C(C1CCNN1)N1CCN(C2CCCC2)CC(Cc2ccccn2)C1. The molecule has 1 aromatic rings. The van der Waals surface area contributed by atoms with Crippen LogP contribution in [0.25, 0.3) is 0 Å². The first-order chi connectivity index (χ1) is 12.8. The summed E-state index contributed by atoms with van der Waals surface area (Å²) in [4.78, 5) is 22.3. The normalized spacial score (nSPS) is 28.4. The van der Waals surface area contributed by atoms with Crippen molar-refractivity contribution in [1.29, 1.82) is 0 Å². The highest BCUT2D eigenvalue weighted by molar-refractivity contribution is 5.82. The molecule has 2 atom stereocenters. The van der Waals surface area contributed by atoms with Gasteiger partial charge in [0.1, 0.15) is 6.04 Å². The van der Waals surface area contributed by atoms with Crippen LogP contribution in [-0.2, 0) is 11.2 Å². The summed E-state index contributed by atoms with van der Waals surface area (Å²) in [5.74, 6) is 0.709. The van der Waals surface area contributed by atoms with Crippen LogP contribution < -0.4 is 10.9 Å². The summed E-state index contributed by atoms with van der Waals surface area (Å²) in [6.45, 7) is 4.66. The molecule has 1 aromatic heterocycles. The van der Waals surface area contributed by atoms with Crippen LogP contribution in [-0.4, -0.2) is 65.5 Å². The molecular formula is C20H31N5O. The first-order valence-corrected chi connectivity index (χ1v) is 10.2. The second kappa shape index (κ2) is 8.46. The minimum absolute atomic E-state index is 0.0662. The molecule has 4 rings (SSSR count). The lowest BCUT2D eigenvalue weighted by atomic mass is 10.0. The lowest BCUT2D eigenvalue weighted by molar-refractivity contribution is -0.133. The second-order valence-electron chi connectivity index (χ2n) is 8.02. The van der Waals surface area contributed by atoms with Crippen LogP contribution >= 0.6 is 0 Å². The lowest BCUT2D eigenvalue weighted by Crippen LogP contribution is -2.47. The molecule has 26 heavy (non-hydrogen) atoms. The molecule has 142 valence electrons. The minimum Gasteiger partial charge on any atom is -0.340 e. The molecule has 1 amide bonds. The molecule has 1 saturated carbocycles. The van der Waals surface area contributed by atoms with E-state index in [2.05, 4.69) is 37.8 Å². The Hall–Kier alpha value is -1.50. The Labute approximate surface area is 156 Å². The number of rotatable bonds is 4. The first kappa shape index (κ1) is 17.9. The number of nitrogens with one attached hydrogen (secondary N) is 2. The number of aromatic nitrogens is 1. The quantitative estimate of drug-likeness (QED) is 0.848.